The van der Waals surface area contributed by atoms with Crippen molar-refractivity contribution in [3.8, 4) is 0 Å². The molecule has 0 aliphatic rings. The second-order valence-electron chi connectivity index (χ2n) is 17.1. The van der Waals surface area contributed by atoms with Crippen LogP contribution in [0.25, 0.3) is 0 Å². The van der Waals surface area contributed by atoms with Gasteiger partial charge < -0.3 is 27.9 Å². The zero-order chi connectivity index (χ0) is 43.6. The zero-order valence-electron chi connectivity index (χ0n) is 38.7. The highest BCUT2D eigenvalue weighted by Gasteiger charge is 2.21. The van der Waals surface area contributed by atoms with Crippen LogP contribution >= 0.6 is 7.82 Å². The summed E-state index contributed by atoms with van der Waals surface area (Å²) >= 11 is 0. The number of rotatable bonds is 43. The average Bonchev–Trinajstić information content (AvgIpc) is 3.19. The first-order valence-electron chi connectivity index (χ1n) is 23.8. The standard InChI is InChI=1S/C49H90NO8P/c1-6-8-10-12-14-16-18-20-22-24-26-28-30-32-34-36-38-40-42-49(52)58-47(46-57-59(53,54)56-44-43-50(3,4)5)45-55-48(51)41-39-37-35-33-31-29-27-25-23-21-19-17-15-13-11-9-7-2/h15-18,21-24,47H,6-14,19-20,25-46H2,1-5H3/b17-15-,18-16-,23-21-,24-22-. The lowest BCUT2D eigenvalue weighted by Gasteiger charge is -2.28. The highest BCUT2D eigenvalue weighted by atomic mass is 31.2. The van der Waals surface area contributed by atoms with Gasteiger partial charge in [-0.2, -0.15) is 0 Å². The molecule has 0 saturated carbocycles. The average molecular weight is 852 g/mol. The molecule has 0 aliphatic heterocycles. The number of nitrogens with zero attached hydrogens (tertiary/aromatic N) is 1. The number of ether oxygens (including phenoxy) is 2. The first kappa shape index (κ1) is 57.0. The molecule has 0 spiro atoms. The number of esters is 2. The summed E-state index contributed by atoms with van der Waals surface area (Å²) < 4.78 is 34.0. The summed E-state index contributed by atoms with van der Waals surface area (Å²) in [7, 11) is 1.15. The van der Waals surface area contributed by atoms with E-state index >= 15 is 0 Å². The Bertz CT molecular complexity index is 1150. The van der Waals surface area contributed by atoms with Gasteiger partial charge in [0.2, 0.25) is 0 Å². The molecule has 0 aromatic heterocycles. The number of hydrogen-bond donors (Lipinski definition) is 0. The van der Waals surface area contributed by atoms with E-state index in [1.807, 2.05) is 21.1 Å². The summed E-state index contributed by atoms with van der Waals surface area (Å²) in [6, 6.07) is 0. The van der Waals surface area contributed by atoms with Crippen LogP contribution in [0.3, 0.4) is 0 Å². The summed E-state index contributed by atoms with van der Waals surface area (Å²) in [5.74, 6) is -0.851. The Morgan fingerprint density at radius 3 is 1.37 bits per heavy atom. The van der Waals surface area contributed by atoms with Crippen molar-refractivity contribution in [2.24, 2.45) is 0 Å². The Morgan fingerprint density at radius 1 is 0.525 bits per heavy atom. The van der Waals surface area contributed by atoms with Crippen molar-refractivity contribution < 1.29 is 42.1 Å². The third-order valence-corrected chi connectivity index (χ3v) is 11.0. The summed E-state index contributed by atoms with van der Waals surface area (Å²) in [6.45, 7) is 4.17. The molecule has 0 aromatic rings. The smallest absolute Gasteiger partial charge is 0.306 e. The molecular weight excluding hydrogens is 762 g/mol. The Labute approximate surface area is 363 Å². The fourth-order valence-corrected chi connectivity index (χ4v) is 7.03. The van der Waals surface area contributed by atoms with Crippen LogP contribution in [0.1, 0.15) is 200 Å². The number of carbonyl (C=O) groups is 2. The van der Waals surface area contributed by atoms with Crippen molar-refractivity contribution in [1.29, 1.82) is 0 Å². The highest BCUT2D eigenvalue weighted by molar-refractivity contribution is 7.45. The van der Waals surface area contributed by atoms with Gasteiger partial charge in [-0.1, -0.05) is 159 Å². The highest BCUT2D eigenvalue weighted by Crippen LogP contribution is 2.38. The number of allylic oxidation sites excluding steroid dienone is 8. The normalized spacial score (nSPS) is 13.9. The molecule has 0 aromatic carbocycles. The zero-order valence-corrected chi connectivity index (χ0v) is 39.6. The van der Waals surface area contributed by atoms with E-state index < -0.39 is 32.5 Å². The van der Waals surface area contributed by atoms with Gasteiger partial charge in [-0.3, -0.25) is 14.2 Å². The van der Waals surface area contributed by atoms with Gasteiger partial charge in [-0.05, 0) is 77.0 Å². The van der Waals surface area contributed by atoms with Crippen LogP contribution in [0.5, 0.6) is 0 Å². The molecule has 0 heterocycles. The Kier molecular flexibility index (Phi) is 39.9. The van der Waals surface area contributed by atoms with Crippen LogP contribution in [0.15, 0.2) is 48.6 Å². The van der Waals surface area contributed by atoms with Crippen molar-refractivity contribution in [1.82, 2.24) is 0 Å². The van der Waals surface area contributed by atoms with E-state index in [9.17, 15) is 19.0 Å². The van der Waals surface area contributed by atoms with Crippen LogP contribution in [0, 0.1) is 0 Å². The molecule has 0 amide bonds. The lowest BCUT2D eigenvalue weighted by Crippen LogP contribution is -2.37. The van der Waals surface area contributed by atoms with Gasteiger partial charge in [0, 0.05) is 12.8 Å². The van der Waals surface area contributed by atoms with Crippen LogP contribution in [-0.2, 0) is 32.7 Å². The summed E-state index contributed by atoms with van der Waals surface area (Å²) in [6.07, 6.45) is 48.4. The first-order valence-corrected chi connectivity index (χ1v) is 25.3. The third kappa shape index (κ3) is 45.3. The van der Waals surface area contributed by atoms with Crippen molar-refractivity contribution in [3.63, 3.8) is 0 Å². The molecule has 9 nitrogen and oxygen atoms in total. The minimum absolute atomic E-state index is 0.0351. The molecule has 0 saturated heterocycles. The monoisotopic (exact) mass is 852 g/mol. The van der Waals surface area contributed by atoms with Gasteiger partial charge in [0.05, 0.1) is 27.7 Å². The number of phosphoric acid groups is 1. The SMILES string of the molecule is CCCCC/C=C\C/C=C\CCCCCCCCCC(=O)OCC(COP(=O)([O-])OCC[N+](C)(C)C)OC(=O)CCCCCCCCC/C=C\C/C=C\CCCCCC. The van der Waals surface area contributed by atoms with Crippen molar-refractivity contribution in [3.05, 3.63) is 48.6 Å². The maximum Gasteiger partial charge on any atom is 0.306 e. The van der Waals surface area contributed by atoms with Crippen LogP contribution in [0.4, 0.5) is 0 Å². The van der Waals surface area contributed by atoms with Crippen molar-refractivity contribution in [2.45, 2.75) is 206 Å². The number of carbonyl (C=O) groups excluding carboxylic acids is 2. The van der Waals surface area contributed by atoms with Gasteiger partial charge >= 0.3 is 11.9 Å². The van der Waals surface area contributed by atoms with Gasteiger partial charge in [0.15, 0.2) is 6.10 Å². The number of phosphoric ester groups is 1. The molecule has 0 radical (unpaired) electrons. The molecule has 2 unspecified atom stereocenters. The molecule has 10 heteroatoms. The van der Waals surface area contributed by atoms with Crippen molar-refractivity contribution in [2.75, 3.05) is 47.5 Å². The second kappa shape index (κ2) is 41.3. The van der Waals surface area contributed by atoms with E-state index in [4.69, 9.17) is 18.5 Å². The van der Waals surface area contributed by atoms with Crippen molar-refractivity contribution >= 4 is 19.8 Å². The number of hydrogen-bond acceptors (Lipinski definition) is 8. The van der Waals surface area contributed by atoms with Crippen LogP contribution in [0.2, 0.25) is 0 Å². The Morgan fingerprint density at radius 2 is 0.915 bits per heavy atom. The Hall–Kier alpha value is -2.03. The third-order valence-electron chi connectivity index (χ3n) is 10.1. The minimum atomic E-state index is -4.63. The molecule has 0 aliphatic carbocycles. The van der Waals surface area contributed by atoms with Gasteiger partial charge in [-0.25, -0.2) is 0 Å². The molecule has 59 heavy (non-hydrogen) atoms. The van der Waals surface area contributed by atoms with E-state index in [0.29, 0.717) is 17.4 Å². The van der Waals surface area contributed by atoms with Crippen LogP contribution in [-0.4, -0.2) is 70.0 Å². The first-order chi connectivity index (χ1) is 28.5. The molecule has 344 valence electrons. The van der Waals surface area contributed by atoms with E-state index in [-0.39, 0.29) is 26.1 Å². The topological polar surface area (TPSA) is 111 Å². The number of quaternary nitrogens is 1. The van der Waals surface area contributed by atoms with E-state index in [2.05, 4.69) is 62.5 Å². The maximum absolute atomic E-state index is 12.7. The molecule has 0 N–H and O–H groups in total. The van der Waals surface area contributed by atoms with E-state index in [0.717, 1.165) is 70.6 Å². The quantitative estimate of drug-likeness (QED) is 0.0196. The lowest BCUT2D eigenvalue weighted by molar-refractivity contribution is -0.870. The fourth-order valence-electron chi connectivity index (χ4n) is 6.30. The predicted octanol–water partition coefficient (Wildman–Crippen LogP) is 13.2. The van der Waals surface area contributed by atoms with E-state index in [1.165, 1.54) is 96.3 Å². The number of unbranched alkanes of at least 4 members (excludes halogenated alkanes) is 21. The summed E-state index contributed by atoms with van der Waals surface area (Å²) in [5.41, 5.74) is 0. The largest absolute Gasteiger partial charge is 0.756 e. The van der Waals surface area contributed by atoms with Gasteiger partial charge in [0.25, 0.3) is 7.82 Å². The fraction of sp³-hybridized carbons (Fsp3) is 0.796. The molecule has 2 atom stereocenters. The van der Waals surface area contributed by atoms with E-state index in [1.54, 1.807) is 0 Å². The molecule has 0 fully saturated rings. The van der Waals surface area contributed by atoms with Gasteiger partial charge in [-0.15, -0.1) is 0 Å². The van der Waals surface area contributed by atoms with Crippen LogP contribution < -0.4 is 4.89 Å². The molecular formula is C49H90NO8P. The number of likely N-dealkylation sites (N-methyl/N-ethyl adjacent to an activating group) is 1. The molecule has 0 bridgehead atoms. The lowest BCUT2D eigenvalue weighted by atomic mass is 10.1. The summed E-state index contributed by atoms with van der Waals surface area (Å²) in [4.78, 5) is 37.6. The predicted molar refractivity (Wildman–Crippen MR) is 245 cm³/mol. The second-order valence-corrected chi connectivity index (χ2v) is 18.5. The minimum Gasteiger partial charge on any atom is -0.756 e. The summed E-state index contributed by atoms with van der Waals surface area (Å²) in [5, 5.41) is 0. The Balaban J connectivity index is 4.34. The molecule has 0 rings (SSSR count). The van der Waals surface area contributed by atoms with Gasteiger partial charge in [0.1, 0.15) is 19.8 Å². The maximum atomic E-state index is 12.7.